The number of nitrogens with one attached hydrogen (secondary N) is 2. The Kier molecular flexibility index (Phi) is 7.43. The van der Waals surface area contributed by atoms with Gasteiger partial charge in [0.2, 0.25) is 0 Å². The topological polar surface area (TPSA) is 93.2 Å². The number of carbonyl (C=O) groups excluding carboxylic acids is 2. The molecule has 0 radical (unpaired) electrons. The number of thiazole rings is 2. The van der Waals surface area contributed by atoms with Crippen LogP contribution in [0, 0.1) is 0 Å². The van der Waals surface area contributed by atoms with E-state index in [-0.39, 0.29) is 5.69 Å². The molecule has 0 aliphatic carbocycles. The van der Waals surface area contributed by atoms with Crippen LogP contribution < -0.4 is 10.6 Å². The first-order valence-corrected chi connectivity index (χ1v) is 12.1. The fraction of sp³-hybridized carbons (Fsp3) is 0.167. The van der Waals surface area contributed by atoms with Gasteiger partial charge >= 0.3 is 5.97 Å². The average Bonchev–Trinajstić information content (AvgIpc) is 3.52. The highest BCUT2D eigenvalue weighted by atomic mass is 32.1. The van der Waals surface area contributed by atoms with Crippen molar-refractivity contribution >= 4 is 44.8 Å². The van der Waals surface area contributed by atoms with E-state index >= 15 is 0 Å². The van der Waals surface area contributed by atoms with Gasteiger partial charge in [-0.2, -0.15) is 0 Å². The van der Waals surface area contributed by atoms with E-state index in [0.717, 1.165) is 23.2 Å². The fourth-order valence-electron chi connectivity index (χ4n) is 2.96. The summed E-state index contributed by atoms with van der Waals surface area (Å²) in [6, 6.07) is 18.0. The minimum absolute atomic E-state index is 0.162. The van der Waals surface area contributed by atoms with E-state index in [1.807, 2.05) is 47.8 Å². The first kappa shape index (κ1) is 22.6. The quantitative estimate of drug-likeness (QED) is 0.320. The molecule has 33 heavy (non-hydrogen) atoms. The summed E-state index contributed by atoms with van der Waals surface area (Å²) in [5, 5.41) is 10.4. The Labute approximate surface area is 199 Å². The van der Waals surface area contributed by atoms with Gasteiger partial charge in [0.25, 0.3) is 5.91 Å². The molecule has 0 saturated heterocycles. The number of amides is 1. The van der Waals surface area contributed by atoms with E-state index in [2.05, 4.69) is 39.7 Å². The highest BCUT2D eigenvalue weighted by Gasteiger charge is 2.15. The molecule has 0 aliphatic rings. The molecule has 2 N–H and O–H groups in total. The number of benzene rings is 2. The van der Waals surface area contributed by atoms with Crippen LogP contribution in [-0.4, -0.2) is 28.5 Å². The molecule has 4 aromatic rings. The lowest BCUT2D eigenvalue weighted by Crippen LogP contribution is -2.21. The smallest absolute Gasteiger partial charge is 0.358 e. The van der Waals surface area contributed by atoms with Crippen molar-refractivity contribution in [2.75, 3.05) is 17.2 Å². The van der Waals surface area contributed by atoms with Crippen molar-refractivity contribution in [2.45, 2.75) is 19.9 Å². The summed E-state index contributed by atoms with van der Waals surface area (Å²) in [7, 11) is 0. The van der Waals surface area contributed by atoms with Gasteiger partial charge in [-0.15, -0.1) is 22.7 Å². The molecule has 0 bridgehead atoms. The van der Waals surface area contributed by atoms with E-state index in [1.54, 1.807) is 5.38 Å². The Morgan fingerprint density at radius 3 is 2.42 bits per heavy atom. The lowest BCUT2D eigenvalue weighted by Gasteiger charge is -2.03. The summed E-state index contributed by atoms with van der Waals surface area (Å²) in [5.41, 5.74) is 4.29. The van der Waals surface area contributed by atoms with Crippen LogP contribution in [0.15, 0.2) is 65.4 Å². The second-order valence-electron chi connectivity index (χ2n) is 7.09. The summed E-state index contributed by atoms with van der Waals surface area (Å²) in [4.78, 5) is 33.1. The Hall–Kier alpha value is -3.56. The first-order chi connectivity index (χ1) is 16.1. The monoisotopic (exact) mass is 478 g/mol. The average molecular weight is 479 g/mol. The third-order valence-electron chi connectivity index (χ3n) is 4.74. The van der Waals surface area contributed by atoms with Gasteiger partial charge in [0.15, 0.2) is 22.6 Å². The molecule has 7 nitrogen and oxygen atoms in total. The highest BCUT2D eigenvalue weighted by Crippen LogP contribution is 2.25. The van der Waals surface area contributed by atoms with E-state index in [9.17, 15) is 9.59 Å². The van der Waals surface area contributed by atoms with Crippen LogP contribution in [0.1, 0.15) is 28.5 Å². The predicted molar refractivity (Wildman–Crippen MR) is 132 cm³/mol. The number of nitrogens with zero attached hydrogens (tertiary/aromatic N) is 2. The van der Waals surface area contributed by atoms with Crippen LogP contribution >= 0.6 is 22.7 Å². The molecule has 0 fully saturated rings. The number of carbonyl (C=O) groups is 2. The maximum atomic E-state index is 12.2. The number of ether oxygens (including phenoxy) is 1. The number of rotatable bonds is 9. The van der Waals surface area contributed by atoms with Crippen molar-refractivity contribution in [3.8, 4) is 11.3 Å². The molecular weight excluding hydrogens is 456 g/mol. The van der Waals surface area contributed by atoms with E-state index in [1.165, 1.54) is 28.2 Å². The van der Waals surface area contributed by atoms with Gasteiger partial charge in [-0.05, 0) is 17.5 Å². The van der Waals surface area contributed by atoms with E-state index < -0.39 is 18.5 Å². The number of aromatic nitrogens is 2. The normalized spacial score (nSPS) is 10.6. The highest BCUT2D eigenvalue weighted by molar-refractivity contribution is 7.14. The lowest BCUT2D eigenvalue weighted by molar-refractivity contribution is -0.119. The molecule has 168 valence electrons. The molecule has 0 atom stereocenters. The summed E-state index contributed by atoms with van der Waals surface area (Å²) >= 11 is 2.62. The summed E-state index contributed by atoms with van der Waals surface area (Å²) in [6.45, 7) is 2.29. The van der Waals surface area contributed by atoms with Crippen LogP contribution in [0.4, 0.5) is 10.3 Å². The Morgan fingerprint density at radius 1 is 0.909 bits per heavy atom. The molecule has 2 aromatic carbocycles. The molecular formula is C24H22N4O3S2. The third-order valence-corrected chi connectivity index (χ3v) is 6.30. The molecule has 0 unspecified atom stereocenters. The number of anilines is 2. The van der Waals surface area contributed by atoms with Crippen LogP contribution in [0.5, 0.6) is 0 Å². The largest absolute Gasteiger partial charge is 0.451 e. The summed E-state index contributed by atoms with van der Waals surface area (Å²) in [5.74, 6) is -1.10. The van der Waals surface area contributed by atoms with Crippen LogP contribution in [0.3, 0.4) is 0 Å². The third kappa shape index (κ3) is 6.24. The van der Waals surface area contributed by atoms with Crippen molar-refractivity contribution < 1.29 is 14.3 Å². The van der Waals surface area contributed by atoms with Crippen LogP contribution in [0.25, 0.3) is 11.3 Å². The molecule has 2 heterocycles. The summed E-state index contributed by atoms with van der Waals surface area (Å²) in [6.07, 6.45) is 0.976. The van der Waals surface area contributed by atoms with Gasteiger partial charge in [-0.3, -0.25) is 10.1 Å². The van der Waals surface area contributed by atoms with Gasteiger partial charge in [-0.25, -0.2) is 14.8 Å². The number of hydrogen-bond donors (Lipinski definition) is 2. The zero-order chi connectivity index (χ0) is 23.0. The summed E-state index contributed by atoms with van der Waals surface area (Å²) < 4.78 is 5.10. The maximum Gasteiger partial charge on any atom is 0.358 e. The van der Waals surface area contributed by atoms with Gasteiger partial charge in [-0.1, -0.05) is 61.5 Å². The molecule has 4 rings (SSSR count). The number of hydrogen-bond acceptors (Lipinski definition) is 8. The zero-order valence-corrected chi connectivity index (χ0v) is 19.5. The molecule has 0 saturated carbocycles. The van der Waals surface area contributed by atoms with Crippen molar-refractivity contribution in [2.24, 2.45) is 0 Å². The van der Waals surface area contributed by atoms with E-state index in [0.29, 0.717) is 16.8 Å². The van der Waals surface area contributed by atoms with Gasteiger partial charge in [0, 0.05) is 22.9 Å². The number of aryl methyl sites for hydroxylation is 1. The lowest BCUT2D eigenvalue weighted by atomic mass is 10.1. The Bertz CT molecular complexity index is 1220. The molecule has 0 spiro atoms. The van der Waals surface area contributed by atoms with Crippen molar-refractivity contribution in [1.82, 2.24) is 9.97 Å². The Morgan fingerprint density at radius 2 is 1.67 bits per heavy atom. The molecule has 2 aromatic heterocycles. The molecule has 9 heteroatoms. The molecule has 0 aliphatic heterocycles. The van der Waals surface area contributed by atoms with Crippen LogP contribution in [0.2, 0.25) is 0 Å². The fourth-order valence-corrected chi connectivity index (χ4v) is 4.37. The predicted octanol–water partition coefficient (Wildman–Crippen LogP) is 5.24. The van der Waals surface area contributed by atoms with E-state index in [4.69, 9.17) is 4.74 Å². The second-order valence-corrected chi connectivity index (χ2v) is 8.81. The first-order valence-electron chi connectivity index (χ1n) is 10.4. The van der Waals surface area contributed by atoms with Gasteiger partial charge < -0.3 is 10.1 Å². The van der Waals surface area contributed by atoms with Gasteiger partial charge in [0.05, 0.1) is 5.69 Å². The van der Waals surface area contributed by atoms with Gasteiger partial charge in [0.1, 0.15) is 0 Å². The maximum absolute atomic E-state index is 12.2. The Balaban J connectivity index is 1.25. The standard InChI is InChI=1S/C24H22N4O3S2/c1-2-16-8-10-18(11-9-16)19-14-33-24(26-19)28-21(29)13-31-22(30)20-15-32-23(27-20)25-12-17-6-4-3-5-7-17/h3-11,14-15H,2,12-13H2,1H3,(H,25,27)(H,26,28,29). The SMILES string of the molecule is CCc1ccc(-c2csc(NC(=O)COC(=O)c3csc(NCc4ccccc4)n3)n2)cc1. The van der Waals surface area contributed by atoms with Crippen molar-refractivity contribution in [3.63, 3.8) is 0 Å². The second kappa shape index (κ2) is 10.8. The minimum atomic E-state index is -0.648. The minimum Gasteiger partial charge on any atom is -0.451 e. The van der Waals surface area contributed by atoms with Crippen molar-refractivity contribution in [1.29, 1.82) is 0 Å². The molecule has 1 amide bonds. The van der Waals surface area contributed by atoms with Crippen molar-refractivity contribution in [3.05, 3.63) is 82.2 Å². The zero-order valence-electron chi connectivity index (χ0n) is 17.9. The number of esters is 1. The van der Waals surface area contributed by atoms with Crippen LogP contribution in [-0.2, 0) is 22.5 Å².